The van der Waals surface area contributed by atoms with E-state index in [2.05, 4.69) is 20.6 Å². The van der Waals surface area contributed by atoms with E-state index in [0.717, 1.165) is 12.0 Å². The number of carbonyl (C=O) groups excluding carboxylic acids is 1. The van der Waals surface area contributed by atoms with Crippen LogP contribution in [0.3, 0.4) is 0 Å². The second-order valence-electron chi connectivity index (χ2n) is 6.86. The molecule has 1 aromatic carbocycles. The van der Waals surface area contributed by atoms with Crippen LogP contribution >= 0.6 is 0 Å². The highest BCUT2D eigenvalue weighted by Gasteiger charge is 2.25. The van der Waals surface area contributed by atoms with Crippen LogP contribution in [0.15, 0.2) is 18.3 Å². The van der Waals surface area contributed by atoms with Gasteiger partial charge in [0.2, 0.25) is 5.95 Å². The number of hydrogen-bond donors (Lipinski definition) is 4. The van der Waals surface area contributed by atoms with Crippen LogP contribution in [0.2, 0.25) is 0 Å². The zero-order chi connectivity index (χ0) is 21.7. The van der Waals surface area contributed by atoms with Crippen molar-refractivity contribution >= 4 is 29.6 Å². The molecule has 0 bridgehead atoms. The van der Waals surface area contributed by atoms with Crippen molar-refractivity contribution in [1.82, 2.24) is 9.97 Å². The molecule has 2 aromatic rings. The second kappa shape index (κ2) is 9.40. The first-order chi connectivity index (χ1) is 14.5. The molecule has 1 aliphatic heterocycles. The van der Waals surface area contributed by atoms with Crippen molar-refractivity contribution in [3.05, 3.63) is 29.5 Å². The Bertz CT molecular complexity index is 936. The number of aromatic nitrogens is 2. The molecule has 1 saturated heterocycles. The lowest BCUT2D eigenvalue weighted by Crippen LogP contribution is -2.39. The van der Waals surface area contributed by atoms with Gasteiger partial charge >= 0.3 is 5.97 Å². The maximum Gasteiger partial charge on any atom is 0.341 e. The first-order valence-corrected chi connectivity index (χ1v) is 9.41. The molecular formula is C20H25N5O5. The standard InChI is InChI=1S/C20H25N5O5/c1-11-9-22-20(25-18(11)24-15-10-30-5-4-12(15)8-21)23-13-6-14(19(27)29-3)17(26)16(7-13)28-2/h6-9,12,15,21,26H,4-5,10H2,1-3H3,(H2,22,23,24,25)/t12?,15-/m0/s1. The number of methoxy groups -OCH3 is 2. The summed E-state index contributed by atoms with van der Waals surface area (Å²) in [5.41, 5.74) is 1.24. The highest BCUT2D eigenvalue weighted by atomic mass is 16.5. The molecule has 1 aromatic heterocycles. The minimum Gasteiger partial charge on any atom is -0.504 e. The van der Waals surface area contributed by atoms with Gasteiger partial charge in [-0.25, -0.2) is 9.78 Å². The van der Waals surface area contributed by atoms with Crippen molar-refractivity contribution in [3.8, 4) is 11.5 Å². The molecule has 4 N–H and O–H groups in total. The Labute approximate surface area is 174 Å². The number of ether oxygens (including phenoxy) is 3. The third-order valence-electron chi connectivity index (χ3n) is 4.87. The number of aromatic hydroxyl groups is 1. The molecular weight excluding hydrogens is 390 g/mol. The molecule has 1 aliphatic rings. The first-order valence-electron chi connectivity index (χ1n) is 9.41. The molecule has 30 heavy (non-hydrogen) atoms. The Balaban J connectivity index is 1.86. The van der Waals surface area contributed by atoms with Crippen molar-refractivity contribution in [1.29, 1.82) is 5.41 Å². The van der Waals surface area contributed by atoms with Crippen LogP contribution in [-0.2, 0) is 9.47 Å². The number of rotatable bonds is 7. The number of nitrogens with zero attached hydrogens (tertiary/aromatic N) is 2. The highest BCUT2D eigenvalue weighted by molar-refractivity contribution is 5.95. The number of carbonyl (C=O) groups is 1. The molecule has 2 atom stereocenters. The maximum atomic E-state index is 11.9. The van der Waals surface area contributed by atoms with E-state index in [1.54, 1.807) is 6.20 Å². The molecule has 3 rings (SSSR count). The van der Waals surface area contributed by atoms with E-state index in [4.69, 9.17) is 19.6 Å². The molecule has 160 valence electrons. The third kappa shape index (κ3) is 4.60. The Morgan fingerprint density at radius 1 is 1.40 bits per heavy atom. The summed E-state index contributed by atoms with van der Waals surface area (Å²) in [6.45, 7) is 3.01. The van der Waals surface area contributed by atoms with Crippen molar-refractivity contribution in [2.24, 2.45) is 5.92 Å². The Morgan fingerprint density at radius 3 is 2.90 bits per heavy atom. The van der Waals surface area contributed by atoms with Crippen LogP contribution in [0.4, 0.5) is 17.5 Å². The van der Waals surface area contributed by atoms with Gasteiger partial charge in [0.1, 0.15) is 11.4 Å². The zero-order valence-corrected chi connectivity index (χ0v) is 17.1. The third-order valence-corrected chi connectivity index (χ3v) is 4.87. The summed E-state index contributed by atoms with van der Waals surface area (Å²) < 4.78 is 15.4. The van der Waals surface area contributed by atoms with Crippen molar-refractivity contribution in [3.63, 3.8) is 0 Å². The van der Waals surface area contributed by atoms with Crippen LogP contribution < -0.4 is 15.4 Å². The lowest BCUT2D eigenvalue weighted by Gasteiger charge is -2.30. The Morgan fingerprint density at radius 2 is 2.20 bits per heavy atom. The summed E-state index contributed by atoms with van der Waals surface area (Å²) in [6.07, 6.45) is 3.88. The van der Waals surface area contributed by atoms with E-state index >= 15 is 0 Å². The van der Waals surface area contributed by atoms with Crippen LogP contribution in [0, 0.1) is 18.3 Å². The Kier molecular flexibility index (Phi) is 6.68. The normalized spacial score (nSPS) is 18.4. The summed E-state index contributed by atoms with van der Waals surface area (Å²) in [5.74, 6) is 0.0739. The lowest BCUT2D eigenvalue weighted by molar-refractivity contribution is 0.0597. The number of anilines is 3. The summed E-state index contributed by atoms with van der Waals surface area (Å²) in [6, 6.07) is 2.90. The van der Waals surface area contributed by atoms with Gasteiger partial charge in [-0.3, -0.25) is 0 Å². The predicted octanol–water partition coefficient (Wildman–Crippen LogP) is 2.50. The summed E-state index contributed by atoms with van der Waals surface area (Å²) in [4.78, 5) is 20.8. The van der Waals surface area contributed by atoms with Gasteiger partial charge < -0.3 is 35.4 Å². The fourth-order valence-corrected chi connectivity index (χ4v) is 3.16. The number of aryl methyl sites for hydroxylation is 1. The molecule has 1 unspecified atom stereocenters. The second-order valence-corrected chi connectivity index (χ2v) is 6.86. The van der Waals surface area contributed by atoms with Gasteiger partial charge in [-0.05, 0) is 19.4 Å². The average molecular weight is 415 g/mol. The number of phenols is 1. The van der Waals surface area contributed by atoms with Crippen LogP contribution in [0.25, 0.3) is 0 Å². The highest BCUT2D eigenvalue weighted by Crippen LogP contribution is 2.35. The maximum absolute atomic E-state index is 11.9. The van der Waals surface area contributed by atoms with E-state index in [1.807, 2.05) is 6.92 Å². The fourth-order valence-electron chi connectivity index (χ4n) is 3.16. The van der Waals surface area contributed by atoms with Crippen LogP contribution in [0.5, 0.6) is 11.5 Å². The van der Waals surface area contributed by atoms with E-state index in [-0.39, 0.29) is 35.0 Å². The zero-order valence-electron chi connectivity index (χ0n) is 17.1. The summed E-state index contributed by atoms with van der Waals surface area (Å²) in [5, 5.41) is 24.2. The van der Waals surface area contributed by atoms with Gasteiger partial charge in [-0.15, -0.1) is 0 Å². The van der Waals surface area contributed by atoms with Crippen molar-refractivity contribution in [2.45, 2.75) is 19.4 Å². The molecule has 1 fully saturated rings. The van der Waals surface area contributed by atoms with Crippen molar-refractivity contribution < 1.29 is 24.1 Å². The van der Waals surface area contributed by atoms with Crippen LogP contribution in [0.1, 0.15) is 22.3 Å². The number of nitrogens with one attached hydrogen (secondary N) is 3. The smallest absolute Gasteiger partial charge is 0.341 e. The quantitative estimate of drug-likeness (QED) is 0.305. The van der Waals surface area contributed by atoms with E-state index < -0.39 is 5.97 Å². The molecule has 0 radical (unpaired) electrons. The van der Waals surface area contributed by atoms with Gasteiger partial charge in [0.15, 0.2) is 11.5 Å². The number of phenolic OH excluding ortho intramolecular Hbond substituents is 1. The largest absolute Gasteiger partial charge is 0.504 e. The minimum absolute atomic E-state index is 0.0435. The number of hydrogen-bond acceptors (Lipinski definition) is 10. The van der Waals surface area contributed by atoms with Gasteiger partial charge in [0.25, 0.3) is 0 Å². The first kappa shape index (κ1) is 21.3. The molecule has 10 heteroatoms. The molecule has 0 amide bonds. The molecule has 0 aliphatic carbocycles. The predicted molar refractivity (Wildman–Crippen MR) is 111 cm³/mol. The lowest BCUT2D eigenvalue weighted by atomic mass is 9.96. The van der Waals surface area contributed by atoms with E-state index in [9.17, 15) is 9.90 Å². The summed E-state index contributed by atoms with van der Waals surface area (Å²) in [7, 11) is 2.61. The SMILES string of the molecule is COC(=O)c1cc(Nc2ncc(C)c(N[C@H]3COCCC3C=N)n2)cc(OC)c1O. The molecule has 0 spiro atoms. The van der Waals surface area contributed by atoms with Gasteiger partial charge in [0.05, 0.1) is 26.9 Å². The van der Waals surface area contributed by atoms with E-state index in [0.29, 0.717) is 24.7 Å². The van der Waals surface area contributed by atoms with Gasteiger partial charge in [-0.2, -0.15) is 4.98 Å². The minimum atomic E-state index is -0.698. The average Bonchev–Trinajstić information content (AvgIpc) is 2.76. The van der Waals surface area contributed by atoms with Crippen molar-refractivity contribution in [2.75, 3.05) is 38.1 Å². The van der Waals surface area contributed by atoms with Crippen LogP contribution in [-0.4, -0.2) is 60.7 Å². The van der Waals surface area contributed by atoms with E-state index in [1.165, 1.54) is 32.6 Å². The molecule has 10 nitrogen and oxygen atoms in total. The van der Waals surface area contributed by atoms with Gasteiger partial charge in [-0.1, -0.05) is 0 Å². The fraction of sp³-hybridized carbons (Fsp3) is 0.400. The molecule has 2 heterocycles. The van der Waals surface area contributed by atoms with Gasteiger partial charge in [0, 0.05) is 42.3 Å². The monoisotopic (exact) mass is 415 g/mol. The Hall–Kier alpha value is -3.40. The number of benzene rings is 1. The topological polar surface area (TPSA) is 139 Å². The molecule has 0 saturated carbocycles. The summed E-state index contributed by atoms with van der Waals surface area (Å²) >= 11 is 0. The number of esters is 1.